The molecule has 18 heavy (non-hydrogen) atoms. The van der Waals surface area contributed by atoms with Crippen LogP contribution in [0.1, 0.15) is 28.9 Å². The number of fused-ring (bicyclic) bond motifs is 2. The maximum Gasteiger partial charge on any atom is 0.265 e. The Morgan fingerprint density at radius 1 is 1.56 bits per heavy atom. The van der Waals surface area contributed by atoms with Gasteiger partial charge in [0.25, 0.3) is 5.91 Å². The van der Waals surface area contributed by atoms with E-state index in [2.05, 4.69) is 15.6 Å². The van der Waals surface area contributed by atoms with Crippen molar-refractivity contribution in [2.45, 2.75) is 37.5 Å². The van der Waals surface area contributed by atoms with Gasteiger partial charge >= 0.3 is 0 Å². The number of hydrogen-bond acceptors (Lipinski definition) is 6. The van der Waals surface area contributed by atoms with E-state index in [1.54, 1.807) is 7.05 Å². The molecule has 2 bridgehead atoms. The van der Waals surface area contributed by atoms with Crippen molar-refractivity contribution in [3.05, 3.63) is 4.88 Å². The molecule has 98 valence electrons. The molecule has 0 saturated carbocycles. The van der Waals surface area contributed by atoms with Gasteiger partial charge in [0.05, 0.1) is 18.2 Å². The van der Waals surface area contributed by atoms with Crippen LogP contribution in [0.25, 0.3) is 0 Å². The summed E-state index contributed by atoms with van der Waals surface area (Å²) in [5.41, 5.74) is 5.74. The zero-order valence-electron chi connectivity index (χ0n) is 10.1. The van der Waals surface area contributed by atoms with Gasteiger partial charge in [-0.05, 0) is 19.3 Å². The Hall–Kier alpha value is -1.34. The number of hydrogen-bond donors (Lipinski definition) is 3. The van der Waals surface area contributed by atoms with E-state index >= 15 is 0 Å². The molecule has 0 spiro atoms. The summed E-state index contributed by atoms with van der Waals surface area (Å²) < 4.78 is 5.71. The second-order valence-electron chi connectivity index (χ2n) is 4.67. The molecule has 0 aromatic carbocycles. The lowest BCUT2D eigenvalue weighted by atomic mass is 9.95. The zero-order valence-corrected chi connectivity index (χ0v) is 10.9. The lowest BCUT2D eigenvalue weighted by Crippen LogP contribution is -2.41. The van der Waals surface area contributed by atoms with Gasteiger partial charge in [0.15, 0.2) is 5.13 Å². The molecule has 3 atom stereocenters. The predicted molar refractivity (Wildman–Crippen MR) is 69.8 cm³/mol. The van der Waals surface area contributed by atoms with Crippen molar-refractivity contribution in [2.24, 2.45) is 0 Å². The molecule has 3 heterocycles. The number of nitrogens with one attached hydrogen (secondary N) is 2. The minimum absolute atomic E-state index is 0.121. The summed E-state index contributed by atoms with van der Waals surface area (Å²) in [6.45, 7) is 0. The fourth-order valence-corrected chi connectivity index (χ4v) is 3.37. The smallest absolute Gasteiger partial charge is 0.265 e. The van der Waals surface area contributed by atoms with Gasteiger partial charge in [-0.1, -0.05) is 11.3 Å². The van der Waals surface area contributed by atoms with Crippen LogP contribution in [0.15, 0.2) is 0 Å². The minimum Gasteiger partial charge on any atom is -0.382 e. The van der Waals surface area contributed by atoms with E-state index in [4.69, 9.17) is 10.5 Å². The van der Waals surface area contributed by atoms with E-state index < -0.39 is 0 Å². The molecule has 2 aliphatic heterocycles. The number of amides is 1. The quantitative estimate of drug-likeness (QED) is 0.755. The van der Waals surface area contributed by atoms with E-state index in [1.165, 1.54) is 11.3 Å². The molecule has 6 nitrogen and oxygen atoms in total. The van der Waals surface area contributed by atoms with E-state index in [-0.39, 0.29) is 23.9 Å². The minimum atomic E-state index is -0.146. The van der Waals surface area contributed by atoms with Crippen molar-refractivity contribution >= 4 is 28.2 Å². The first-order chi connectivity index (χ1) is 8.67. The average Bonchev–Trinajstić information content (AvgIpc) is 3.03. The van der Waals surface area contributed by atoms with Crippen molar-refractivity contribution in [1.29, 1.82) is 0 Å². The van der Waals surface area contributed by atoms with E-state index in [9.17, 15) is 4.79 Å². The highest BCUT2D eigenvalue weighted by atomic mass is 32.1. The van der Waals surface area contributed by atoms with Gasteiger partial charge < -0.3 is 21.1 Å². The van der Waals surface area contributed by atoms with Crippen molar-refractivity contribution in [1.82, 2.24) is 10.3 Å². The standard InChI is InChI=1S/C11H16N4O2S/c1-13-11-15-9(12)8(18-11)10(16)14-6-4-5-2-3-7(6)17-5/h5-7H,2-4,12H2,1H3,(H,13,15)(H,14,16). The summed E-state index contributed by atoms with van der Waals surface area (Å²) in [6, 6.07) is 0.121. The van der Waals surface area contributed by atoms with Gasteiger partial charge in [0.2, 0.25) is 0 Å². The maximum atomic E-state index is 12.1. The van der Waals surface area contributed by atoms with Crippen molar-refractivity contribution in [2.75, 3.05) is 18.1 Å². The maximum absolute atomic E-state index is 12.1. The fourth-order valence-electron chi connectivity index (χ4n) is 2.63. The Kier molecular flexibility index (Phi) is 2.87. The Bertz CT molecular complexity index is 476. The van der Waals surface area contributed by atoms with Crippen LogP contribution in [-0.4, -0.2) is 36.2 Å². The Balaban J connectivity index is 1.69. The number of thiazole rings is 1. The molecule has 3 rings (SSSR count). The molecular weight excluding hydrogens is 252 g/mol. The lowest BCUT2D eigenvalue weighted by Gasteiger charge is -2.19. The van der Waals surface area contributed by atoms with Crippen LogP contribution in [0.5, 0.6) is 0 Å². The molecule has 3 unspecified atom stereocenters. The van der Waals surface area contributed by atoms with E-state index in [1.807, 2.05) is 0 Å². The third-order valence-electron chi connectivity index (χ3n) is 3.50. The number of rotatable bonds is 3. The summed E-state index contributed by atoms with van der Waals surface area (Å²) in [4.78, 5) is 16.7. The average molecular weight is 268 g/mol. The largest absolute Gasteiger partial charge is 0.382 e. The summed E-state index contributed by atoms with van der Waals surface area (Å²) in [7, 11) is 1.75. The first-order valence-electron chi connectivity index (χ1n) is 6.07. The molecule has 2 saturated heterocycles. The molecule has 1 amide bonds. The second kappa shape index (κ2) is 4.40. The van der Waals surface area contributed by atoms with Gasteiger partial charge in [-0.2, -0.15) is 0 Å². The first-order valence-corrected chi connectivity index (χ1v) is 6.89. The number of nitrogens with two attached hydrogens (primary N) is 1. The van der Waals surface area contributed by atoms with Crippen LogP contribution in [-0.2, 0) is 4.74 Å². The number of nitrogens with zero attached hydrogens (tertiary/aromatic N) is 1. The predicted octanol–water partition coefficient (Wildman–Crippen LogP) is 0.817. The SMILES string of the molecule is CNc1nc(N)c(C(=O)NC2CC3CCC2O3)s1. The highest BCUT2D eigenvalue weighted by molar-refractivity contribution is 7.18. The summed E-state index contributed by atoms with van der Waals surface area (Å²) in [5, 5.41) is 6.54. The molecule has 7 heteroatoms. The molecular formula is C11H16N4O2S. The highest BCUT2D eigenvalue weighted by Gasteiger charge is 2.41. The molecule has 1 aromatic heterocycles. The van der Waals surface area contributed by atoms with Crippen LogP contribution in [0, 0.1) is 0 Å². The van der Waals surface area contributed by atoms with Crippen molar-refractivity contribution in [3.8, 4) is 0 Å². The van der Waals surface area contributed by atoms with Crippen LogP contribution in [0.2, 0.25) is 0 Å². The number of anilines is 2. The molecule has 0 aliphatic carbocycles. The highest BCUT2D eigenvalue weighted by Crippen LogP contribution is 2.34. The third kappa shape index (κ3) is 1.93. The first kappa shape index (κ1) is 11.7. The lowest BCUT2D eigenvalue weighted by molar-refractivity contribution is 0.0844. The van der Waals surface area contributed by atoms with Gasteiger partial charge in [0.1, 0.15) is 10.7 Å². The monoisotopic (exact) mass is 268 g/mol. The molecule has 1 aromatic rings. The van der Waals surface area contributed by atoms with Gasteiger partial charge in [0, 0.05) is 7.05 Å². The van der Waals surface area contributed by atoms with Crippen molar-refractivity contribution in [3.63, 3.8) is 0 Å². The van der Waals surface area contributed by atoms with Crippen LogP contribution < -0.4 is 16.4 Å². The molecule has 0 radical (unpaired) electrons. The molecule has 2 fully saturated rings. The summed E-state index contributed by atoms with van der Waals surface area (Å²) in [6.07, 6.45) is 3.57. The summed E-state index contributed by atoms with van der Waals surface area (Å²) in [5.74, 6) is 0.138. The zero-order chi connectivity index (χ0) is 12.7. The van der Waals surface area contributed by atoms with Crippen LogP contribution in [0.3, 0.4) is 0 Å². The number of carbonyl (C=O) groups is 1. The molecule has 4 N–H and O–H groups in total. The number of carbonyl (C=O) groups excluding carboxylic acids is 1. The Labute approximate surface area is 109 Å². The van der Waals surface area contributed by atoms with E-state index in [0.29, 0.717) is 16.1 Å². The van der Waals surface area contributed by atoms with Gasteiger partial charge in [-0.15, -0.1) is 0 Å². The third-order valence-corrected chi connectivity index (χ3v) is 4.58. The topological polar surface area (TPSA) is 89.3 Å². The Morgan fingerprint density at radius 3 is 2.94 bits per heavy atom. The Morgan fingerprint density at radius 2 is 2.39 bits per heavy atom. The fraction of sp³-hybridized carbons (Fsp3) is 0.636. The van der Waals surface area contributed by atoms with Crippen molar-refractivity contribution < 1.29 is 9.53 Å². The molecule has 2 aliphatic rings. The number of ether oxygens (including phenoxy) is 1. The van der Waals surface area contributed by atoms with Gasteiger partial charge in [-0.3, -0.25) is 4.79 Å². The van der Waals surface area contributed by atoms with Crippen LogP contribution >= 0.6 is 11.3 Å². The van der Waals surface area contributed by atoms with Crippen LogP contribution in [0.4, 0.5) is 10.9 Å². The van der Waals surface area contributed by atoms with Gasteiger partial charge in [-0.25, -0.2) is 4.98 Å². The van der Waals surface area contributed by atoms with E-state index in [0.717, 1.165) is 19.3 Å². The second-order valence-corrected chi connectivity index (χ2v) is 5.67. The summed E-state index contributed by atoms with van der Waals surface area (Å²) >= 11 is 1.27. The number of nitrogen functional groups attached to an aromatic ring is 1. The number of aromatic nitrogens is 1. The normalized spacial score (nSPS) is 29.5.